The number of nitrogens with zero attached hydrogens (tertiary/aromatic N) is 2. The van der Waals surface area contributed by atoms with Gasteiger partial charge in [-0.3, -0.25) is 4.79 Å². The lowest BCUT2D eigenvalue weighted by Crippen LogP contribution is -2.70. The number of ether oxygens (including phenoxy) is 3. The second kappa shape index (κ2) is 18.3. The Morgan fingerprint density at radius 1 is 0.933 bits per heavy atom. The second-order valence-electron chi connectivity index (χ2n) is 17.2. The molecule has 4 aliphatic rings. The maximum absolute atomic E-state index is 14.9. The molecule has 3 aliphatic carbocycles. The van der Waals surface area contributed by atoms with Gasteiger partial charge in [-0.05, 0) is 128 Å². The molecule has 4 aromatic rings. The number of aryl methyl sites for hydroxylation is 2. The number of aliphatic hydroxyl groups excluding tert-OH is 2. The van der Waals surface area contributed by atoms with Gasteiger partial charge in [0.1, 0.15) is 30.4 Å². The second-order valence-corrected chi connectivity index (χ2v) is 17.2. The van der Waals surface area contributed by atoms with Gasteiger partial charge in [-0.25, -0.2) is 0 Å². The number of hydrogen-bond acceptors (Lipinski definition) is 8. The van der Waals surface area contributed by atoms with Gasteiger partial charge in [-0.2, -0.15) is 0 Å². The Morgan fingerprint density at radius 2 is 1.68 bits per heavy atom. The quantitative estimate of drug-likeness (QED) is 0.0585. The van der Waals surface area contributed by atoms with Gasteiger partial charge in [0.05, 0.1) is 18.2 Å². The summed E-state index contributed by atoms with van der Waals surface area (Å²) >= 11 is 0. The van der Waals surface area contributed by atoms with Crippen molar-refractivity contribution < 1.29 is 34.1 Å². The van der Waals surface area contributed by atoms with Crippen LogP contribution in [0.1, 0.15) is 86.0 Å². The number of rotatable bonds is 18. The third-order valence-electron chi connectivity index (χ3n) is 13.4. The first-order valence-electron chi connectivity index (χ1n) is 21.9. The number of hydrogen-bond donors (Lipinski definition) is 2. The van der Waals surface area contributed by atoms with Crippen LogP contribution in [0.3, 0.4) is 0 Å². The predicted molar refractivity (Wildman–Crippen MR) is 235 cm³/mol. The summed E-state index contributed by atoms with van der Waals surface area (Å²) in [6, 6.07) is 26.3. The van der Waals surface area contributed by atoms with Crippen LogP contribution in [0.15, 0.2) is 108 Å². The summed E-state index contributed by atoms with van der Waals surface area (Å²) in [5, 5.41) is 26.9. The van der Waals surface area contributed by atoms with Crippen LogP contribution in [0.5, 0.6) is 17.2 Å². The number of allylic oxidation sites excluding steroid dienone is 1. The van der Waals surface area contributed by atoms with E-state index < -0.39 is 11.8 Å². The zero-order valence-electron chi connectivity index (χ0n) is 35.4. The first kappa shape index (κ1) is 41.8. The van der Waals surface area contributed by atoms with Gasteiger partial charge in [0, 0.05) is 43.6 Å². The van der Waals surface area contributed by atoms with E-state index in [2.05, 4.69) is 75.0 Å². The standard InChI is InChI=1S/C51H60N2O7/c1-5-27-58-51-47(53(50(56)36-20-21-36)32-38-16-12-15-35-13-6-7-17-41(35)38)31-45(52-57-4)43-29-37(14-8-10-25-54)42(18-9-11-26-55)48(49(43)51)44-30-40(23-24-46(44)60-51)59-39-22-19-33(2)34(3)28-39/h5-7,12-13,15-17,19,22-24,28-30,36-37,42,47-49,54-55H,1,8-11,14,18,20-21,25-27,31-32H2,2-4H3. The molecule has 1 heterocycles. The number of oxime groups is 1. The van der Waals surface area contributed by atoms with Crippen molar-refractivity contribution in [3.8, 4) is 17.2 Å². The van der Waals surface area contributed by atoms with Gasteiger partial charge in [-0.1, -0.05) is 78.7 Å². The van der Waals surface area contributed by atoms with E-state index in [1.807, 2.05) is 35.2 Å². The Balaban J connectivity index is 1.33. The van der Waals surface area contributed by atoms with Gasteiger partial charge >= 0.3 is 0 Å². The topological polar surface area (TPSA) is 110 Å². The number of unbranched alkanes of at least 4 members (excludes halogenated alkanes) is 2. The van der Waals surface area contributed by atoms with Crippen molar-refractivity contribution >= 4 is 22.4 Å². The van der Waals surface area contributed by atoms with E-state index >= 15 is 0 Å². The SMILES string of the molecule is C=CCOC12Oc3ccc(Oc4ccc(C)c(C)c4)cc3C3C(CCCCO)C(CCCCO)C=C(C(=NOC)CC1N(Cc1cccc4ccccc14)C(=O)C1CC1)C32. The molecular weight excluding hydrogens is 753 g/mol. The molecule has 0 saturated heterocycles. The normalized spacial score (nSPS) is 24.9. The molecule has 1 aliphatic heterocycles. The molecule has 2 saturated carbocycles. The van der Waals surface area contributed by atoms with Crippen LogP contribution in [0.4, 0.5) is 0 Å². The smallest absolute Gasteiger partial charge is 0.239 e. The van der Waals surface area contributed by atoms with Crippen LogP contribution in [-0.4, -0.2) is 65.5 Å². The molecule has 0 bridgehead atoms. The molecule has 0 radical (unpaired) electrons. The first-order chi connectivity index (χ1) is 29.3. The fourth-order valence-corrected chi connectivity index (χ4v) is 10.3. The third-order valence-corrected chi connectivity index (χ3v) is 13.4. The third kappa shape index (κ3) is 8.24. The lowest BCUT2D eigenvalue weighted by molar-refractivity contribution is -0.258. The minimum absolute atomic E-state index is 0.0681. The zero-order valence-corrected chi connectivity index (χ0v) is 35.4. The van der Waals surface area contributed by atoms with Gasteiger partial charge in [0.15, 0.2) is 0 Å². The van der Waals surface area contributed by atoms with E-state index in [0.29, 0.717) is 37.3 Å². The maximum atomic E-state index is 14.9. The van der Waals surface area contributed by atoms with Crippen LogP contribution in [0.25, 0.3) is 10.8 Å². The molecule has 9 heteroatoms. The number of amides is 1. The van der Waals surface area contributed by atoms with E-state index in [1.165, 1.54) is 5.56 Å². The minimum atomic E-state index is -1.32. The zero-order chi connectivity index (χ0) is 41.8. The highest BCUT2D eigenvalue weighted by Crippen LogP contribution is 2.62. The van der Waals surface area contributed by atoms with Crippen LogP contribution >= 0.6 is 0 Å². The summed E-state index contributed by atoms with van der Waals surface area (Å²) in [5.74, 6) is 0.615. The number of aliphatic hydroxyl groups is 2. The van der Waals surface area contributed by atoms with Crippen molar-refractivity contribution in [2.24, 2.45) is 28.8 Å². The molecule has 2 fully saturated rings. The minimum Gasteiger partial charge on any atom is -0.459 e. The average Bonchev–Trinajstić information content (AvgIpc) is 4.11. The fourth-order valence-electron chi connectivity index (χ4n) is 10.3. The van der Waals surface area contributed by atoms with E-state index in [4.69, 9.17) is 24.2 Å². The monoisotopic (exact) mass is 812 g/mol. The van der Waals surface area contributed by atoms with Crippen molar-refractivity contribution in [3.05, 3.63) is 125 Å². The fraction of sp³-hybridized carbons (Fsp3) is 0.451. The van der Waals surface area contributed by atoms with Crippen LogP contribution in [-0.2, 0) is 20.9 Å². The molecule has 6 unspecified atom stereocenters. The number of fused-ring (bicyclic) bond motifs is 3. The lowest BCUT2D eigenvalue weighted by Gasteiger charge is -2.60. The highest BCUT2D eigenvalue weighted by atomic mass is 16.7. The van der Waals surface area contributed by atoms with Gasteiger partial charge in [0.25, 0.3) is 0 Å². The highest BCUT2D eigenvalue weighted by molar-refractivity contribution is 6.03. The van der Waals surface area contributed by atoms with Crippen molar-refractivity contribution in [3.63, 3.8) is 0 Å². The molecule has 9 nitrogen and oxygen atoms in total. The highest BCUT2D eigenvalue weighted by Gasteiger charge is 2.66. The van der Waals surface area contributed by atoms with Crippen LogP contribution < -0.4 is 9.47 Å². The molecule has 1 amide bonds. The number of carbonyl (C=O) groups excluding carboxylic acids is 1. The van der Waals surface area contributed by atoms with E-state index in [0.717, 1.165) is 83.0 Å². The maximum Gasteiger partial charge on any atom is 0.239 e. The summed E-state index contributed by atoms with van der Waals surface area (Å²) in [4.78, 5) is 22.6. The van der Waals surface area contributed by atoms with Gasteiger partial charge < -0.3 is 34.2 Å². The summed E-state index contributed by atoms with van der Waals surface area (Å²) < 4.78 is 21.3. The van der Waals surface area contributed by atoms with Crippen molar-refractivity contribution in [1.82, 2.24) is 4.90 Å². The Bertz CT molecular complexity index is 2240. The Kier molecular flexibility index (Phi) is 12.8. The largest absolute Gasteiger partial charge is 0.459 e. The molecular formula is C51H60N2O7. The molecule has 2 N–H and O–H groups in total. The van der Waals surface area contributed by atoms with E-state index in [1.54, 1.807) is 13.2 Å². The summed E-state index contributed by atoms with van der Waals surface area (Å²) in [7, 11) is 1.58. The van der Waals surface area contributed by atoms with Crippen molar-refractivity contribution in [2.45, 2.75) is 95.9 Å². The molecule has 6 atom stereocenters. The Morgan fingerprint density at radius 3 is 2.43 bits per heavy atom. The molecule has 60 heavy (non-hydrogen) atoms. The Hall–Kier alpha value is -4.96. The summed E-state index contributed by atoms with van der Waals surface area (Å²) in [6.45, 7) is 9.12. The molecule has 8 rings (SSSR count). The van der Waals surface area contributed by atoms with Gasteiger partial charge in [0.2, 0.25) is 11.7 Å². The van der Waals surface area contributed by atoms with Crippen molar-refractivity contribution in [1.29, 1.82) is 0 Å². The number of carbonyl (C=O) groups is 1. The van der Waals surface area contributed by atoms with Gasteiger partial charge in [-0.15, -0.1) is 6.58 Å². The number of benzene rings is 4. The molecule has 0 spiro atoms. The summed E-state index contributed by atoms with van der Waals surface area (Å²) in [5.41, 5.74) is 6.25. The lowest BCUT2D eigenvalue weighted by atomic mass is 9.55. The van der Waals surface area contributed by atoms with E-state index in [-0.39, 0.29) is 55.3 Å². The molecule has 4 aromatic carbocycles. The first-order valence-corrected chi connectivity index (χ1v) is 21.9. The molecule has 316 valence electrons. The summed E-state index contributed by atoms with van der Waals surface area (Å²) in [6.07, 6.45) is 11.1. The van der Waals surface area contributed by atoms with Crippen molar-refractivity contribution in [2.75, 3.05) is 26.9 Å². The van der Waals surface area contributed by atoms with E-state index in [9.17, 15) is 15.0 Å². The van der Waals surface area contributed by atoms with Crippen LogP contribution in [0, 0.1) is 37.5 Å². The molecule has 0 aromatic heterocycles. The van der Waals surface area contributed by atoms with Crippen LogP contribution in [0.2, 0.25) is 0 Å². The Labute approximate surface area is 354 Å². The average molecular weight is 813 g/mol. The predicted octanol–water partition coefficient (Wildman–Crippen LogP) is 9.95.